The second kappa shape index (κ2) is 6.34. The van der Waals surface area contributed by atoms with Gasteiger partial charge in [-0.05, 0) is 38.1 Å². The molecule has 0 bridgehead atoms. The van der Waals surface area contributed by atoms with Crippen molar-refractivity contribution in [3.8, 4) is 0 Å². The monoisotopic (exact) mass is 303 g/mol. The minimum absolute atomic E-state index is 0.0729. The van der Waals surface area contributed by atoms with Crippen molar-refractivity contribution in [2.45, 2.75) is 37.8 Å². The standard InChI is InChI=1S/C15H20F3NO2/c1-10-13(6-7-21-10)19(2)9-14(20)11-4-3-5-12(8-11)15(16,17)18/h3-5,8,10,13-14,20H,6-7,9H2,1-2H3. The Hall–Kier alpha value is -1.11. The van der Waals surface area contributed by atoms with Crippen LogP contribution in [0.15, 0.2) is 24.3 Å². The van der Waals surface area contributed by atoms with Crippen molar-refractivity contribution < 1.29 is 23.0 Å². The first kappa shape index (κ1) is 16.3. The second-order valence-electron chi connectivity index (χ2n) is 5.51. The molecule has 6 heteroatoms. The van der Waals surface area contributed by atoms with Gasteiger partial charge in [-0.15, -0.1) is 0 Å². The summed E-state index contributed by atoms with van der Waals surface area (Å²) in [6, 6.07) is 5.04. The van der Waals surface area contributed by atoms with E-state index in [-0.39, 0.29) is 24.3 Å². The van der Waals surface area contributed by atoms with Crippen LogP contribution < -0.4 is 0 Å². The lowest BCUT2D eigenvalue weighted by molar-refractivity contribution is -0.137. The molecule has 1 N–H and O–H groups in total. The molecule has 0 aliphatic carbocycles. The normalized spacial score (nSPS) is 24.5. The summed E-state index contributed by atoms with van der Waals surface area (Å²) in [6.45, 7) is 2.92. The van der Waals surface area contributed by atoms with Crippen LogP contribution in [0.3, 0.4) is 0 Å². The first-order valence-corrected chi connectivity index (χ1v) is 6.96. The SMILES string of the molecule is CC1OCCC1N(C)CC(O)c1cccc(C(F)(F)F)c1. The number of hydrogen-bond donors (Lipinski definition) is 1. The van der Waals surface area contributed by atoms with Gasteiger partial charge in [0.05, 0.1) is 17.8 Å². The quantitative estimate of drug-likeness (QED) is 0.928. The number of alkyl halides is 3. The Kier molecular flexibility index (Phi) is 4.91. The topological polar surface area (TPSA) is 32.7 Å². The molecular formula is C15H20F3NO2. The van der Waals surface area contributed by atoms with E-state index >= 15 is 0 Å². The Bertz CT molecular complexity index is 478. The zero-order valence-electron chi connectivity index (χ0n) is 12.1. The van der Waals surface area contributed by atoms with E-state index < -0.39 is 17.8 Å². The number of nitrogens with zero attached hydrogens (tertiary/aromatic N) is 1. The third-order valence-corrected chi connectivity index (χ3v) is 3.96. The molecule has 1 saturated heterocycles. The zero-order valence-corrected chi connectivity index (χ0v) is 12.1. The molecule has 1 aromatic carbocycles. The Morgan fingerprint density at radius 1 is 1.43 bits per heavy atom. The molecule has 3 atom stereocenters. The molecule has 1 aromatic rings. The molecule has 0 spiro atoms. The maximum absolute atomic E-state index is 12.7. The summed E-state index contributed by atoms with van der Waals surface area (Å²) in [4.78, 5) is 1.95. The highest BCUT2D eigenvalue weighted by atomic mass is 19.4. The molecule has 3 unspecified atom stereocenters. The fourth-order valence-electron chi connectivity index (χ4n) is 2.74. The molecule has 0 aromatic heterocycles. The maximum Gasteiger partial charge on any atom is 0.416 e. The number of halogens is 3. The summed E-state index contributed by atoms with van der Waals surface area (Å²) in [6.07, 6.45) is -4.41. The van der Waals surface area contributed by atoms with Crippen molar-refractivity contribution in [3.63, 3.8) is 0 Å². The average molecular weight is 303 g/mol. The van der Waals surface area contributed by atoms with E-state index in [2.05, 4.69) is 0 Å². The lowest BCUT2D eigenvalue weighted by atomic mass is 10.0. The van der Waals surface area contributed by atoms with Crippen molar-refractivity contribution >= 4 is 0 Å². The molecule has 1 fully saturated rings. The fourth-order valence-corrected chi connectivity index (χ4v) is 2.74. The molecule has 21 heavy (non-hydrogen) atoms. The van der Waals surface area contributed by atoms with Crippen LogP contribution in [-0.4, -0.2) is 42.4 Å². The lowest BCUT2D eigenvalue weighted by Crippen LogP contribution is -2.39. The van der Waals surface area contributed by atoms with Gasteiger partial charge >= 0.3 is 6.18 Å². The van der Waals surface area contributed by atoms with Crippen LogP contribution in [-0.2, 0) is 10.9 Å². The van der Waals surface area contributed by atoms with Crippen LogP contribution in [0.5, 0.6) is 0 Å². The third kappa shape index (κ3) is 3.96. The van der Waals surface area contributed by atoms with Crippen molar-refractivity contribution in [2.75, 3.05) is 20.2 Å². The molecule has 1 heterocycles. The van der Waals surface area contributed by atoms with Crippen LogP contribution in [0.25, 0.3) is 0 Å². The zero-order chi connectivity index (χ0) is 15.6. The van der Waals surface area contributed by atoms with Gasteiger partial charge in [0.2, 0.25) is 0 Å². The molecule has 118 valence electrons. The molecule has 0 radical (unpaired) electrons. The Morgan fingerprint density at radius 2 is 2.14 bits per heavy atom. The van der Waals surface area contributed by atoms with Crippen molar-refractivity contribution in [2.24, 2.45) is 0 Å². The maximum atomic E-state index is 12.7. The van der Waals surface area contributed by atoms with E-state index in [0.717, 1.165) is 18.6 Å². The summed E-state index contributed by atoms with van der Waals surface area (Å²) in [5, 5.41) is 10.2. The van der Waals surface area contributed by atoms with E-state index in [4.69, 9.17) is 4.74 Å². The van der Waals surface area contributed by atoms with Gasteiger partial charge in [-0.1, -0.05) is 12.1 Å². The Balaban J connectivity index is 2.04. The van der Waals surface area contributed by atoms with Crippen LogP contribution in [0.4, 0.5) is 13.2 Å². The minimum Gasteiger partial charge on any atom is -0.387 e. The average Bonchev–Trinajstić information content (AvgIpc) is 2.84. The van der Waals surface area contributed by atoms with Gasteiger partial charge in [0.15, 0.2) is 0 Å². The van der Waals surface area contributed by atoms with Crippen molar-refractivity contribution in [3.05, 3.63) is 35.4 Å². The summed E-state index contributed by atoms with van der Waals surface area (Å²) < 4.78 is 43.5. The number of aliphatic hydroxyl groups is 1. The van der Waals surface area contributed by atoms with E-state index in [1.807, 2.05) is 18.9 Å². The molecular weight excluding hydrogens is 283 g/mol. The van der Waals surface area contributed by atoms with Crippen LogP contribution in [0.1, 0.15) is 30.6 Å². The summed E-state index contributed by atoms with van der Waals surface area (Å²) in [7, 11) is 1.85. The highest BCUT2D eigenvalue weighted by Crippen LogP contribution is 2.31. The number of aliphatic hydroxyl groups excluding tert-OH is 1. The first-order valence-electron chi connectivity index (χ1n) is 6.96. The van der Waals surface area contributed by atoms with Crippen LogP contribution in [0.2, 0.25) is 0 Å². The number of likely N-dealkylation sites (N-methyl/N-ethyl adjacent to an activating group) is 1. The Labute approximate surface area is 122 Å². The summed E-state index contributed by atoms with van der Waals surface area (Å²) >= 11 is 0. The third-order valence-electron chi connectivity index (χ3n) is 3.96. The van der Waals surface area contributed by atoms with E-state index in [1.165, 1.54) is 12.1 Å². The minimum atomic E-state index is -4.39. The van der Waals surface area contributed by atoms with Gasteiger partial charge in [-0.2, -0.15) is 13.2 Å². The van der Waals surface area contributed by atoms with Gasteiger partial charge in [-0.25, -0.2) is 0 Å². The summed E-state index contributed by atoms with van der Waals surface area (Å²) in [5.74, 6) is 0. The van der Waals surface area contributed by atoms with Gasteiger partial charge in [-0.3, -0.25) is 4.90 Å². The molecule has 1 aliphatic heterocycles. The molecule has 1 aliphatic rings. The largest absolute Gasteiger partial charge is 0.416 e. The molecule has 3 nitrogen and oxygen atoms in total. The number of rotatable bonds is 4. The second-order valence-corrected chi connectivity index (χ2v) is 5.51. The highest BCUT2D eigenvalue weighted by Gasteiger charge is 2.32. The van der Waals surface area contributed by atoms with Gasteiger partial charge < -0.3 is 9.84 Å². The van der Waals surface area contributed by atoms with E-state index in [9.17, 15) is 18.3 Å². The predicted octanol–water partition coefficient (Wildman–Crippen LogP) is 2.85. The number of benzene rings is 1. The number of ether oxygens (including phenoxy) is 1. The van der Waals surface area contributed by atoms with E-state index in [0.29, 0.717) is 6.61 Å². The molecule has 2 rings (SSSR count). The molecule has 0 saturated carbocycles. The van der Waals surface area contributed by atoms with Crippen molar-refractivity contribution in [1.82, 2.24) is 4.90 Å². The number of hydrogen-bond acceptors (Lipinski definition) is 3. The van der Waals surface area contributed by atoms with Gasteiger partial charge in [0, 0.05) is 19.2 Å². The van der Waals surface area contributed by atoms with Crippen molar-refractivity contribution in [1.29, 1.82) is 0 Å². The fraction of sp³-hybridized carbons (Fsp3) is 0.600. The predicted molar refractivity (Wildman–Crippen MR) is 72.9 cm³/mol. The van der Waals surface area contributed by atoms with Crippen LogP contribution >= 0.6 is 0 Å². The van der Waals surface area contributed by atoms with Gasteiger partial charge in [0.25, 0.3) is 0 Å². The first-order chi connectivity index (χ1) is 9.79. The molecule has 0 amide bonds. The van der Waals surface area contributed by atoms with Crippen LogP contribution in [0, 0.1) is 0 Å². The van der Waals surface area contributed by atoms with Gasteiger partial charge in [0.1, 0.15) is 0 Å². The smallest absolute Gasteiger partial charge is 0.387 e. The summed E-state index contributed by atoms with van der Waals surface area (Å²) in [5.41, 5.74) is -0.456. The highest BCUT2D eigenvalue weighted by molar-refractivity contribution is 5.27. The Morgan fingerprint density at radius 3 is 2.71 bits per heavy atom. The van der Waals surface area contributed by atoms with E-state index in [1.54, 1.807) is 0 Å². The lowest BCUT2D eigenvalue weighted by Gasteiger charge is -2.28.